The molecule has 7 heteroatoms. The van der Waals surface area contributed by atoms with Crippen molar-refractivity contribution in [3.05, 3.63) is 47.4 Å². The Kier molecular flexibility index (Phi) is 3.79. The van der Waals surface area contributed by atoms with Gasteiger partial charge in [0, 0.05) is 7.05 Å². The third kappa shape index (κ3) is 2.82. The molecule has 0 saturated heterocycles. The summed E-state index contributed by atoms with van der Waals surface area (Å²) in [6, 6.07) is 5.99. The van der Waals surface area contributed by atoms with E-state index >= 15 is 0 Å². The summed E-state index contributed by atoms with van der Waals surface area (Å²) in [5.41, 5.74) is 5.55. The molecule has 0 fully saturated rings. The van der Waals surface area contributed by atoms with Crippen molar-refractivity contribution >= 4 is 17.6 Å². The summed E-state index contributed by atoms with van der Waals surface area (Å²) in [5.74, 6) is -1.41. The van der Waals surface area contributed by atoms with Crippen LogP contribution in [0.4, 0.5) is 10.2 Å². The largest absolute Gasteiger partial charge is 0.365 e. The molecule has 0 atom stereocenters. The van der Waals surface area contributed by atoms with Gasteiger partial charge in [-0.15, -0.1) is 0 Å². The molecule has 0 saturated carbocycles. The predicted molar refractivity (Wildman–Crippen MR) is 70.5 cm³/mol. The summed E-state index contributed by atoms with van der Waals surface area (Å²) < 4.78 is 14.8. The minimum atomic E-state index is -0.695. The van der Waals surface area contributed by atoms with Gasteiger partial charge in [0.15, 0.2) is 0 Å². The standard InChI is InChI=1S/C13H13FN4O2/c1-18-13(9(7-16-18)12(15)20)17-11(19)6-8-4-2-3-5-10(8)14/h2-5,7H,6H2,1H3,(H2,15,20)(H,17,19). The minimum Gasteiger partial charge on any atom is -0.365 e. The number of halogens is 1. The molecule has 0 radical (unpaired) electrons. The topological polar surface area (TPSA) is 90.0 Å². The molecule has 0 aliphatic heterocycles. The molecule has 0 bridgehead atoms. The lowest BCUT2D eigenvalue weighted by Crippen LogP contribution is -2.20. The van der Waals surface area contributed by atoms with Crippen molar-refractivity contribution in [3.8, 4) is 0 Å². The lowest BCUT2D eigenvalue weighted by molar-refractivity contribution is -0.115. The zero-order valence-electron chi connectivity index (χ0n) is 10.8. The molecule has 1 heterocycles. The summed E-state index contributed by atoms with van der Waals surface area (Å²) >= 11 is 0. The van der Waals surface area contributed by atoms with Gasteiger partial charge in [-0.05, 0) is 11.6 Å². The number of nitrogens with one attached hydrogen (secondary N) is 1. The van der Waals surface area contributed by atoms with E-state index in [1.807, 2.05) is 0 Å². The van der Waals surface area contributed by atoms with Crippen molar-refractivity contribution in [2.75, 3.05) is 5.32 Å². The number of nitrogens with two attached hydrogens (primary N) is 1. The fourth-order valence-corrected chi connectivity index (χ4v) is 1.76. The van der Waals surface area contributed by atoms with Crippen LogP contribution < -0.4 is 11.1 Å². The first kappa shape index (κ1) is 13.7. The SMILES string of the molecule is Cn1ncc(C(N)=O)c1NC(=O)Cc1ccccc1F. The third-order valence-corrected chi connectivity index (χ3v) is 2.77. The number of nitrogens with zero attached hydrogens (tertiary/aromatic N) is 2. The number of benzene rings is 1. The van der Waals surface area contributed by atoms with Gasteiger partial charge < -0.3 is 11.1 Å². The first-order chi connectivity index (χ1) is 9.49. The Bertz CT molecular complexity index is 666. The van der Waals surface area contributed by atoms with Gasteiger partial charge >= 0.3 is 0 Å². The molecule has 104 valence electrons. The van der Waals surface area contributed by atoms with Crippen LogP contribution in [0.3, 0.4) is 0 Å². The Morgan fingerprint density at radius 2 is 2.10 bits per heavy atom. The Balaban J connectivity index is 2.15. The first-order valence-electron chi connectivity index (χ1n) is 5.84. The van der Waals surface area contributed by atoms with Crippen molar-refractivity contribution in [2.24, 2.45) is 12.8 Å². The zero-order chi connectivity index (χ0) is 14.7. The second-order valence-electron chi connectivity index (χ2n) is 4.21. The fraction of sp³-hybridized carbons (Fsp3) is 0.154. The van der Waals surface area contributed by atoms with E-state index in [-0.39, 0.29) is 23.4 Å². The molecule has 3 N–H and O–H groups in total. The Morgan fingerprint density at radius 1 is 1.40 bits per heavy atom. The quantitative estimate of drug-likeness (QED) is 0.867. The molecule has 2 rings (SSSR count). The molecule has 6 nitrogen and oxygen atoms in total. The van der Waals surface area contributed by atoms with Gasteiger partial charge in [0.1, 0.15) is 17.2 Å². The van der Waals surface area contributed by atoms with Crippen LogP contribution in [0.25, 0.3) is 0 Å². The molecule has 2 aromatic rings. The van der Waals surface area contributed by atoms with Crippen molar-refractivity contribution in [2.45, 2.75) is 6.42 Å². The molecular formula is C13H13FN4O2. The number of carbonyl (C=O) groups is 2. The first-order valence-corrected chi connectivity index (χ1v) is 5.84. The van der Waals surface area contributed by atoms with Crippen LogP contribution in [-0.2, 0) is 18.3 Å². The normalized spacial score (nSPS) is 10.3. The van der Waals surface area contributed by atoms with Gasteiger partial charge in [-0.3, -0.25) is 14.3 Å². The van der Waals surface area contributed by atoms with Crippen LogP contribution in [-0.4, -0.2) is 21.6 Å². The highest BCUT2D eigenvalue weighted by Crippen LogP contribution is 2.14. The number of hydrogen-bond acceptors (Lipinski definition) is 3. The Hall–Kier alpha value is -2.70. The van der Waals surface area contributed by atoms with E-state index < -0.39 is 17.6 Å². The smallest absolute Gasteiger partial charge is 0.254 e. The molecule has 0 unspecified atom stereocenters. The minimum absolute atomic E-state index is 0.106. The molecule has 20 heavy (non-hydrogen) atoms. The second-order valence-corrected chi connectivity index (χ2v) is 4.21. The lowest BCUT2D eigenvalue weighted by atomic mass is 10.1. The van der Waals surface area contributed by atoms with Crippen molar-refractivity contribution in [3.63, 3.8) is 0 Å². The van der Waals surface area contributed by atoms with Gasteiger partial charge in [0.25, 0.3) is 5.91 Å². The van der Waals surface area contributed by atoms with E-state index in [1.165, 1.54) is 23.0 Å². The van der Waals surface area contributed by atoms with Crippen molar-refractivity contribution < 1.29 is 14.0 Å². The summed E-state index contributed by atoms with van der Waals surface area (Å²) in [4.78, 5) is 23.1. The van der Waals surface area contributed by atoms with Gasteiger partial charge in [-0.25, -0.2) is 4.39 Å². The summed E-state index contributed by atoms with van der Waals surface area (Å²) in [6.07, 6.45) is 1.12. The van der Waals surface area contributed by atoms with Crippen molar-refractivity contribution in [1.82, 2.24) is 9.78 Å². The van der Waals surface area contributed by atoms with Crippen LogP contribution >= 0.6 is 0 Å². The number of anilines is 1. The van der Waals surface area contributed by atoms with Gasteiger partial charge in [-0.1, -0.05) is 18.2 Å². The Labute approximate surface area is 114 Å². The average Bonchev–Trinajstić information content (AvgIpc) is 2.74. The number of rotatable bonds is 4. The van der Waals surface area contributed by atoms with E-state index in [1.54, 1.807) is 19.2 Å². The maximum atomic E-state index is 13.4. The molecule has 0 aliphatic rings. The summed E-state index contributed by atoms with van der Waals surface area (Å²) in [6.45, 7) is 0. The van der Waals surface area contributed by atoms with E-state index in [9.17, 15) is 14.0 Å². The molecule has 1 aromatic carbocycles. The third-order valence-electron chi connectivity index (χ3n) is 2.77. The monoisotopic (exact) mass is 276 g/mol. The fourth-order valence-electron chi connectivity index (χ4n) is 1.76. The molecule has 0 spiro atoms. The molecule has 1 aromatic heterocycles. The number of aryl methyl sites for hydroxylation is 1. The molecule has 2 amide bonds. The highest BCUT2D eigenvalue weighted by atomic mass is 19.1. The molecule has 0 aliphatic carbocycles. The lowest BCUT2D eigenvalue weighted by Gasteiger charge is -2.07. The van der Waals surface area contributed by atoms with Crippen LogP contribution in [0, 0.1) is 5.82 Å². The van der Waals surface area contributed by atoms with Gasteiger partial charge in [-0.2, -0.15) is 5.10 Å². The average molecular weight is 276 g/mol. The summed E-state index contributed by atoms with van der Waals surface area (Å²) in [7, 11) is 1.56. The molecular weight excluding hydrogens is 263 g/mol. The number of amides is 2. The van der Waals surface area contributed by atoms with Crippen LogP contribution in [0.2, 0.25) is 0 Å². The predicted octanol–water partition coefficient (Wildman–Crippen LogP) is 0.839. The van der Waals surface area contributed by atoms with Crippen LogP contribution in [0.15, 0.2) is 30.5 Å². The van der Waals surface area contributed by atoms with Gasteiger partial charge in [0.2, 0.25) is 5.91 Å². The van der Waals surface area contributed by atoms with E-state index in [4.69, 9.17) is 5.73 Å². The number of hydrogen-bond donors (Lipinski definition) is 2. The second kappa shape index (κ2) is 5.52. The number of primary amides is 1. The highest BCUT2D eigenvalue weighted by Gasteiger charge is 2.16. The van der Waals surface area contributed by atoms with E-state index in [0.717, 1.165) is 0 Å². The number of carbonyl (C=O) groups excluding carboxylic acids is 2. The van der Waals surface area contributed by atoms with Crippen molar-refractivity contribution in [1.29, 1.82) is 0 Å². The highest BCUT2D eigenvalue weighted by molar-refractivity contribution is 6.02. The Morgan fingerprint density at radius 3 is 2.75 bits per heavy atom. The van der Waals surface area contributed by atoms with Crippen LogP contribution in [0.5, 0.6) is 0 Å². The maximum absolute atomic E-state index is 13.4. The maximum Gasteiger partial charge on any atom is 0.254 e. The van der Waals surface area contributed by atoms with E-state index in [0.29, 0.717) is 0 Å². The summed E-state index contributed by atoms with van der Waals surface area (Å²) in [5, 5.41) is 6.35. The number of aromatic nitrogens is 2. The van der Waals surface area contributed by atoms with E-state index in [2.05, 4.69) is 10.4 Å². The van der Waals surface area contributed by atoms with Gasteiger partial charge in [0.05, 0.1) is 12.6 Å². The zero-order valence-corrected chi connectivity index (χ0v) is 10.8. The van der Waals surface area contributed by atoms with Crippen LogP contribution in [0.1, 0.15) is 15.9 Å².